The Labute approximate surface area is 102 Å². The van der Waals surface area contributed by atoms with E-state index < -0.39 is 0 Å². The van der Waals surface area contributed by atoms with Gasteiger partial charge in [0.1, 0.15) is 0 Å². The molecule has 0 aliphatic heterocycles. The normalized spacial score (nSPS) is 11.9. The third kappa shape index (κ3) is 5.36. The maximum absolute atomic E-state index is 11.5. The molecule has 4 nitrogen and oxygen atoms in total. The van der Waals surface area contributed by atoms with Crippen LogP contribution in [0.1, 0.15) is 25.3 Å². The number of aliphatic hydroxyl groups excluding tert-OH is 1. The van der Waals surface area contributed by atoms with Crippen LogP contribution in [0, 0.1) is 6.92 Å². The summed E-state index contributed by atoms with van der Waals surface area (Å²) in [5, 5.41) is 14.8. The maximum Gasteiger partial charge on any atom is 0.319 e. The molecule has 0 saturated carbocycles. The van der Waals surface area contributed by atoms with Crippen LogP contribution in [-0.4, -0.2) is 23.8 Å². The van der Waals surface area contributed by atoms with Gasteiger partial charge in [0, 0.05) is 12.2 Å². The molecule has 0 spiro atoms. The van der Waals surface area contributed by atoms with Crippen LogP contribution in [0.15, 0.2) is 24.3 Å². The third-order valence-electron chi connectivity index (χ3n) is 2.51. The first-order valence-corrected chi connectivity index (χ1v) is 5.91. The smallest absolute Gasteiger partial charge is 0.319 e. The zero-order chi connectivity index (χ0) is 12.7. The molecule has 0 saturated heterocycles. The van der Waals surface area contributed by atoms with Gasteiger partial charge >= 0.3 is 6.03 Å². The lowest BCUT2D eigenvalue weighted by molar-refractivity contribution is 0.160. The average Bonchev–Trinajstić information content (AvgIpc) is 2.28. The van der Waals surface area contributed by atoms with Crippen LogP contribution in [0.25, 0.3) is 0 Å². The van der Waals surface area contributed by atoms with Crippen LogP contribution in [-0.2, 0) is 0 Å². The standard InChI is InChI=1S/C13H20N2O2/c1-3-12(16)7-8-14-13(17)15-11-6-4-5-10(2)9-11/h4-6,9,12,16H,3,7-8H2,1-2H3,(H2,14,15,17). The van der Waals surface area contributed by atoms with Crippen molar-refractivity contribution in [3.63, 3.8) is 0 Å². The van der Waals surface area contributed by atoms with E-state index in [-0.39, 0.29) is 12.1 Å². The molecule has 1 rings (SSSR count). The monoisotopic (exact) mass is 236 g/mol. The van der Waals surface area contributed by atoms with Gasteiger partial charge in [0.15, 0.2) is 0 Å². The van der Waals surface area contributed by atoms with E-state index in [0.717, 1.165) is 11.3 Å². The Kier molecular flexibility index (Phi) is 5.49. The summed E-state index contributed by atoms with van der Waals surface area (Å²) >= 11 is 0. The van der Waals surface area contributed by atoms with Crippen molar-refractivity contribution < 1.29 is 9.90 Å². The van der Waals surface area contributed by atoms with E-state index in [1.807, 2.05) is 38.1 Å². The van der Waals surface area contributed by atoms with E-state index in [9.17, 15) is 9.90 Å². The van der Waals surface area contributed by atoms with Crippen LogP contribution in [0.2, 0.25) is 0 Å². The lowest BCUT2D eigenvalue weighted by Crippen LogP contribution is -2.31. The Bertz CT molecular complexity index is 366. The van der Waals surface area contributed by atoms with Gasteiger partial charge in [-0.1, -0.05) is 19.1 Å². The SMILES string of the molecule is CCC(O)CCNC(=O)Nc1cccc(C)c1. The van der Waals surface area contributed by atoms with Crippen LogP contribution in [0.5, 0.6) is 0 Å². The molecule has 0 fully saturated rings. The van der Waals surface area contributed by atoms with Crippen LogP contribution >= 0.6 is 0 Å². The molecule has 0 aliphatic rings. The van der Waals surface area contributed by atoms with Gasteiger partial charge in [-0.2, -0.15) is 0 Å². The van der Waals surface area contributed by atoms with E-state index in [1.54, 1.807) is 0 Å². The minimum Gasteiger partial charge on any atom is -0.393 e. The van der Waals surface area contributed by atoms with Crippen LogP contribution in [0.3, 0.4) is 0 Å². The molecule has 1 atom stereocenters. The van der Waals surface area contributed by atoms with Crippen molar-refractivity contribution in [1.29, 1.82) is 0 Å². The van der Waals surface area contributed by atoms with E-state index in [2.05, 4.69) is 10.6 Å². The largest absolute Gasteiger partial charge is 0.393 e. The minimum atomic E-state index is -0.339. The molecule has 0 radical (unpaired) electrons. The van der Waals surface area contributed by atoms with Crippen molar-refractivity contribution in [2.75, 3.05) is 11.9 Å². The Hall–Kier alpha value is -1.55. The summed E-state index contributed by atoms with van der Waals surface area (Å²) < 4.78 is 0. The number of urea groups is 1. The van der Waals surface area contributed by atoms with Crippen molar-refractivity contribution in [1.82, 2.24) is 5.32 Å². The van der Waals surface area contributed by atoms with Crippen LogP contribution < -0.4 is 10.6 Å². The molecule has 2 amide bonds. The zero-order valence-corrected chi connectivity index (χ0v) is 10.4. The predicted molar refractivity (Wildman–Crippen MR) is 69.1 cm³/mol. The Morgan fingerprint density at radius 3 is 2.88 bits per heavy atom. The highest BCUT2D eigenvalue weighted by Crippen LogP contribution is 2.08. The van der Waals surface area contributed by atoms with Gasteiger partial charge in [0.25, 0.3) is 0 Å². The van der Waals surface area contributed by atoms with E-state index in [1.165, 1.54) is 0 Å². The predicted octanol–water partition coefficient (Wildman–Crippen LogP) is 2.28. The van der Waals surface area contributed by atoms with E-state index in [0.29, 0.717) is 19.4 Å². The fraction of sp³-hybridized carbons (Fsp3) is 0.462. The second-order valence-electron chi connectivity index (χ2n) is 4.10. The molecule has 1 unspecified atom stereocenters. The van der Waals surface area contributed by atoms with Crippen molar-refractivity contribution in [3.05, 3.63) is 29.8 Å². The number of anilines is 1. The molecule has 0 heterocycles. The lowest BCUT2D eigenvalue weighted by Gasteiger charge is -2.10. The summed E-state index contributed by atoms with van der Waals surface area (Å²) in [4.78, 5) is 11.5. The highest BCUT2D eigenvalue weighted by Gasteiger charge is 2.03. The number of hydrogen-bond acceptors (Lipinski definition) is 2. The maximum atomic E-state index is 11.5. The van der Waals surface area contributed by atoms with Gasteiger partial charge in [-0.25, -0.2) is 4.79 Å². The summed E-state index contributed by atoms with van der Waals surface area (Å²) in [5.74, 6) is 0. The summed E-state index contributed by atoms with van der Waals surface area (Å²) in [6.45, 7) is 4.37. The highest BCUT2D eigenvalue weighted by atomic mass is 16.3. The first-order chi connectivity index (χ1) is 8.11. The van der Waals surface area contributed by atoms with Gasteiger partial charge in [-0.15, -0.1) is 0 Å². The molecule has 17 heavy (non-hydrogen) atoms. The first kappa shape index (κ1) is 13.5. The zero-order valence-electron chi connectivity index (χ0n) is 10.4. The van der Waals surface area contributed by atoms with Gasteiger partial charge in [0.05, 0.1) is 6.10 Å². The Morgan fingerprint density at radius 2 is 2.24 bits per heavy atom. The number of hydrogen-bond donors (Lipinski definition) is 3. The van der Waals surface area contributed by atoms with Crippen molar-refractivity contribution in [2.24, 2.45) is 0 Å². The topological polar surface area (TPSA) is 61.4 Å². The van der Waals surface area contributed by atoms with Gasteiger partial charge in [-0.3, -0.25) is 0 Å². The average molecular weight is 236 g/mol. The number of carbonyl (C=O) groups is 1. The fourth-order valence-electron chi connectivity index (χ4n) is 1.45. The van der Waals surface area contributed by atoms with Gasteiger partial charge in [-0.05, 0) is 37.5 Å². The molecule has 0 bridgehead atoms. The number of nitrogens with one attached hydrogen (secondary N) is 2. The second-order valence-corrected chi connectivity index (χ2v) is 4.10. The summed E-state index contributed by atoms with van der Waals surface area (Å²) in [5.41, 5.74) is 1.88. The molecule has 1 aromatic rings. The number of carbonyl (C=O) groups excluding carboxylic acids is 1. The van der Waals surface area contributed by atoms with Crippen molar-refractivity contribution >= 4 is 11.7 Å². The third-order valence-corrected chi connectivity index (χ3v) is 2.51. The lowest BCUT2D eigenvalue weighted by atomic mass is 10.2. The molecular weight excluding hydrogens is 216 g/mol. The van der Waals surface area contributed by atoms with Gasteiger partial charge < -0.3 is 15.7 Å². The number of aliphatic hydroxyl groups is 1. The molecule has 0 aliphatic carbocycles. The molecular formula is C13H20N2O2. The minimum absolute atomic E-state index is 0.237. The van der Waals surface area contributed by atoms with Crippen LogP contribution in [0.4, 0.5) is 10.5 Å². The molecule has 94 valence electrons. The fourth-order valence-corrected chi connectivity index (χ4v) is 1.45. The molecule has 4 heteroatoms. The molecule has 1 aromatic carbocycles. The summed E-state index contributed by atoms with van der Waals surface area (Å²) in [6.07, 6.45) is 0.952. The summed E-state index contributed by atoms with van der Waals surface area (Å²) in [6, 6.07) is 7.37. The van der Waals surface area contributed by atoms with Crippen molar-refractivity contribution in [3.8, 4) is 0 Å². The number of benzene rings is 1. The number of aryl methyl sites for hydroxylation is 1. The molecule has 3 N–H and O–H groups in total. The molecule has 0 aromatic heterocycles. The number of amides is 2. The van der Waals surface area contributed by atoms with Gasteiger partial charge in [0.2, 0.25) is 0 Å². The Balaban J connectivity index is 2.30. The quantitative estimate of drug-likeness (QED) is 0.734. The van der Waals surface area contributed by atoms with E-state index in [4.69, 9.17) is 0 Å². The number of rotatable bonds is 5. The summed E-state index contributed by atoms with van der Waals surface area (Å²) in [7, 11) is 0. The first-order valence-electron chi connectivity index (χ1n) is 5.91. The van der Waals surface area contributed by atoms with Crippen molar-refractivity contribution in [2.45, 2.75) is 32.8 Å². The highest BCUT2D eigenvalue weighted by molar-refractivity contribution is 5.89. The Morgan fingerprint density at radius 1 is 1.47 bits per heavy atom. The second kappa shape index (κ2) is 6.91. The van der Waals surface area contributed by atoms with E-state index >= 15 is 0 Å².